The van der Waals surface area contributed by atoms with Gasteiger partial charge in [-0.15, -0.1) is 0 Å². The lowest BCUT2D eigenvalue weighted by molar-refractivity contribution is 0.670. The van der Waals surface area contributed by atoms with Gasteiger partial charge in [-0.25, -0.2) is 4.21 Å². The summed E-state index contributed by atoms with van der Waals surface area (Å²) in [6.45, 7) is 2.91. The number of hydrogen-bond acceptors (Lipinski definition) is 4. The van der Waals surface area contributed by atoms with Crippen molar-refractivity contribution in [3.63, 3.8) is 0 Å². The van der Waals surface area contributed by atoms with Crippen LogP contribution in [0.2, 0.25) is 5.02 Å². The highest BCUT2D eigenvalue weighted by Gasteiger charge is 2.24. The van der Waals surface area contributed by atoms with Crippen molar-refractivity contribution in [2.45, 2.75) is 11.8 Å². The third-order valence-electron chi connectivity index (χ3n) is 5.36. The number of fused-ring (bicyclic) bond motifs is 1. The minimum Gasteiger partial charge on any atom is -0.326 e. The summed E-state index contributed by atoms with van der Waals surface area (Å²) < 4.78 is 17.0. The molecule has 0 amide bonds. The minimum atomic E-state index is -0.916. The van der Waals surface area contributed by atoms with Crippen LogP contribution in [0.1, 0.15) is 5.56 Å². The lowest BCUT2D eigenvalue weighted by Crippen LogP contribution is -2.42. The number of aryl methyl sites for hydroxylation is 1. The highest BCUT2D eigenvalue weighted by atomic mass is 35.5. The van der Waals surface area contributed by atoms with Gasteiger partial charge >= 0.3 is 0 Å². The third-order valence-corrected chi connectivity index (χ3v) is 8.12. The van der Waals surface area contributed by atoms with Crippen molar-refractivity contribution in [1.29, 1.82) is 0 Å². The van der Waals surface area contributed by atoms with Gasteiger partial charge in [0.15, 0.2) is 0 Å². The first-order valence-corrected chi connectivity index (χ1v) is 12.4. The average molecular weight is 466 g/mol. The van der Waals surface area contributed by atoms with Gasteiger partial charge in [-0.05, 0) is 66.2 Å². The highest BCUT2D eigenvalue weighted by molar-refractivity contribution is 8.00. The van der Waals surface area contributed by atoms with E-state index in [-0.39, 0.29) is 0 Å². The summed E-state index contributed by atoms with van der Waals surface area (Å²) >= 11 is 7.95. The Hall–Kier alpha value is -2.54. The van der Waals surface area contributed by atoms with Crippen LogP contribution in [0.5, 0.6) is 0 Å². The summed E-state index contributed by atoms with van der Waals surface area (Å²) in [5.41, 5.74) is 5.13. The fraction of sp³-hybridized carbons (Fsp3) is 0.125. The molecule has 7 heteroatoms. The van der Waals surface area contributed by atoms with Crippen LogP contribution in [-0.4, -0.2) is 21.5 Å². The maximum Gasteiger partial charge on any atom is 0.121 e. The van der Waals surface area contributed by atoms with E-state index in [2.05, 4.69) is 47.0 Å². The molecular formula is C24H20ClN3OS2. The molecule has 31 heavy (non-hydrogen) atoms. The maximum absolute atomic E-state index is 11.8. The molecule has 5 rings (SSSR count). The largest absolute Gasteiger partial charge is 0.326 e. The summed E-state index contributed by atoms with van der Waals surface area (Å²) in [6, 6.07) is 22.4. The van der Waals surface area contributed by atoms with Gasteiger partial charge in [-0.2, -0.15) is 0 Å². The van der Waals surface area contributed by atoms with E-state index in [1.165, 1.54) is 22.9 Å². The summed E-state index contributed by atoms with van der Waals surface area (Å²) in [7, 11) is -0.916. The number of nitrogens with zero attached hydrogens (tertiary/aromatic N) is 2. The van der Waals surface area contributed by atoms with E-state index in [4.69, 9.17) is 11.6 Å². The third kappa shape index (κ3) is 4.03. The van der Waals surface area contributed by atoms with Crippen LogP contribution >= 0.6 is 23.5 Å². The maximum atomic E-state index is 11.8. The van der Waals surface area contributed by atoms with Crippen molar-refractivity contribution < 1.29 is 4.21 Å². The summed E-state index contributed by atoms with van der Waals surface area (Å²) in [4.78, 5) is 5.59. The molecule has 1 saturated heterocycles. The van der Waals surface area contributed by atoms with Crippen molar-refractivity contribution in [3.05, 3.63) is 83.5 Å². The normalized spacial score (nSPS) is 15.7. The second-order valence-electron chi connectivity index (χ2n) is 7.36. The topological polar surface area (TPSA) is 45.2 Å². The molecule has 1 atom stereocenters. The first-order valence-electron chi connectivity index (χ1n) is 9.93. The molecule has 4 nitrogen and oxygen atoms in total. The van der Waals surface area contributed by atoms with E-state index in [0.717, 1.165) is 45.2 Å². The van der Waals surface area contributed by atoms with Gasteiger partial charge in [0.05, 0.1) is 22.2 Å². The molecule has 1 N–H and O–H groups in total. The zero-order chi connectivity index (χ0) is 21.4. The molecule has 156 valence electrons. The monoisotopic (exact) mass is 465 g/mol. The molecule has 0 spiro atoms. The Labute approximate surface area is 193 Å². The summed E-state index contributed by atoms with van der Waals surface area (Å²) in [5, 5.41) is 2.96. The molecule has 2 heterocycles. The van der Waals surface area contributed by atoms with Gasteiger partial charge in [0.1, 0.15) is 11.0 Å². The molecule has 0 radical (unpaired) electrons. The Morgan fingerprint density at radius 3 is 2.74 bits per heavy atom. The first kappa shape index (κ1) is 20.4. The number of pyridine rings is 1. The lowest BCUT2D eigenvalue weighted by atomic mass is 10.00. The number of benzene rings is 3. The zero-order valence-corrected chi connectivity index (χ0v) is 19.2. The molecule has 1 aliphatic heterocycles. The van der Waals surface area contributed by atoms with Gasteiger partial charge < -0.3 is 4.72 Å². The van der Waals surface area contributed by atoms with Gasteiger partial charge in [0.2, 0.25) is 0 Å². The summed E-state index contributed by atoms with van der Waals surface area (Å²) in [5.74, 6) is 0.719. The van der Waals surface area contributed by atoms with Crippen molar-refractivity contribution in [2.75, 3.05) is 21.3 Å². The molecule has 3 aromatic carbocycles. The standard InChI is InChI=1S/C24H20ClN3OS2/c1-16-6-7-18(14-21(16)24-20-5-3-2-4-17(20)10-11-26-24)27-30-23-9-8-19(15-22(23)25)28-12-13-31(28)29/h2-11,14-15,27H,12-13H2,1H3. The predicted molar refractivity (Wildman–Crippen MR) is 133 cm³/mol. The first-order chi connectivity index (χ1) is 15.1. The van der Waals surface area contributed by atoms with Crippen molar-refractivity contribution >= 4 is 56.7 Å². The van der Waals surface area contributed by atoms with Crippen LogP contribution < -0.4 is 9.03 Å². The van der Waals surface area contributed by atoms with Gasteiger partial charge in [-0.1, -0.05) is 41.9 Å². The Bertz CT molecular complexity index is 1310. The smallest absolute Gasteiger partial charge is 0.121 e. The van der Waals surface area contributed by atoms with E-state index in [1.807, 2.05) is 46.9 Å². The molecule has 1 aromatic heterocycles. The van der Waals surface area contributed by atoms with E-state index in [0.29, 0.717) is 5.02 Å². The van der Waals surface area contributed by atoms with E-state index in [1.54, 1.807) is 0 Å². The predicted octanol–water partition coefficient (Wildman–Crippen LogP) is 6.47. The van der Waals surface area contributed by atoms with Crippen LogP contribution in [0.25, 0.3) is 22.0 Å². The van der Waals surface area contributed by atoms with Crippen LogP contribution in [0.3, 0.4) is 0 Å². The molecule has 0 saturated carbocycles. The van der Waals surface area contributed by atoms with E-state index < -0.39 is 11.0 Å². The number of nitrogens with one attached hydrogen (secondary N) is 1. The molecular weight excluding hydrogens is 446 g/mol. The Balaban J connectivity index is 1.39. The van der Waals surface area contributed by atoms with Crippen LogP contribution in [-0.2, 0) is 11.0 Å². The zero-order valence-electron chi connectivity index (χ0n) is 16.8. The number of hydrogen-bond donors (Lipinski definition) is 1. The van der Waals surface area contributed by atoms with Crippen molar-refractivity contribution in [2.24, 2.45) is 0 Å². The highest BCUT2D eigenvalue weighted by Crippen LogP contribution is 2.35. The number of anilines is 2. The van der Waals surface area contributed by atoms with Crippen molar-refractivity contribution in [1.82, 2.24) is 4.98 Å². The lowest BCUT2D eigenvalue weighted by Gasteiger charge is -2.31. The van der Waals surface area contributed by atoms with E-state index in [9.17, 15) is 4.21 Å². The van der Waals surface area contributed by atoms with Crippen LogP contribution in [0.4, 0.5) is 11.4 Å². The van der Waals surface area contributed by atoms with Crippen molar-refractivity contribution in [3.8, 4) is 11.3 Å². The quantitative estimate of drug-likeness (QED) is 0.343. The number of halogens is 1. The molecule has 4 aromatic rings. The molecule has 1 unspecified atom stereocenters. The fourth-order valence-electron chi connectivity index (χ4n) is 3.62. The second-order valence-corrected chi connectivity index (χ2v) is 10.1. The number of rotatable bonds is 5. The Morgan fingerprint density at radius 1 is 1.10 bits per heavy atom. The Morgan fingerprint density at radius 2 is 1.97 bits per heavy atom. The van der Waals surface area contributed by atoms with Crippen LogP contribution in [0, 0.1) is 6.92 Å². The molecule has 1 aliphatic rings. The SMILES string of the molecule is Cc1ccc(NSc2ccc(N3CCS3=O)cc2Cl)cc1-c1nccc2ccccc12. The van der Waals surface area contributed by atoms with Crippen LogP contribution in [0.15, 0.2) is 77.8 Å². The van der Waals surface area contributed by atoms with E-state index >= 15 is 0 Å². The average Bonchev–Trinajstić information content (AvgIpc) is 2.78. The number of aromatic nitrogens is 1. The fourth-order valence-corrected chi connectivity index (χ4v) is 5.42. The second kappa shape index (κ2) is 8.54. The molecule has 0 bridgehead atoms. The van der Waals surface area contributed by atoms with Gasteiger partial charge in [0, 0.05) is 34.3 Å². The molecule has 1 fully saturated rings. The van der Waals surface area contributed by atoms with Gasteiger partial charge in [0.25, 0.3) is 0 Å². The Kier molecular flexibility index (Phi) is 5.61. The summed E-state index contributed by atoms with van der Waals surface area (Å²) in [6.07, 6.45) is 1.86. The molecule has 0 aliphatic carbocycles. The minimum absolute atomic E-state index is 0.641. The van der Waals surface area contributed by atoms with Gasteiger partial charge in [-0.3, -0.25) is 9.29 Å².